The summed E-state index contributed by atoms with van der Waals surface area (Å²) in [6.45, 7) is 2.98. The molecule has 1 amide bonds. The second-order valence-corrected chi connectivity index (χ2v) is 7.89. The second-order valence-electron chi connectivity index (χ2n) is 6.88. The first-order valence-electron chi connectivity index (χ1n) is 9.17. The van der Waals surface area contributed by atoms with Gasteiger partial charge in [0, 0.05) is 38.2 Å². The van der Waals surface area contributed by atoms with Crippen molar-refractivity contribution in [3.05, 3.63) is 41.3 Å². The lowest BCUT2D eigenvalue weighted by molar-refractivity contribution is 0.0735. The minimum atomic E-state index is 0.0147. The Kier molecular flexibility index (Phi) is 3.89. The van der Waals surface area contributed by atoms with Crippen LogP contribution in [0.4, 0.5) is 5.13 Å². The van der Waals surface area contributed by atoms with Gasteiger partial charge < -0.3 is 14.3 Å². The Labute approximate surface area is 155 Å². The van der Waals surface area contributed by atoms with Crippen molar-refractivity contribution in [2.75, 3.05) is 31.1 Å². The van der Waals surface area contributed by atoms with Crippen LogP contribution in [0, 0.1) is 0 Å². The molecule has 0 spiro atoms. The van der Waals surface area contributed by atoms with Gasteiger partial charge in [-0.05, 0) is 31.4 Å². The maximum atomic E-state index is 12.9. The van der Waals surface area contributed by atoms with Gasteiger partial charge in [0.25, 0.3) is 5.91 Å². The van der Waals surface area contributed by atoms with Crippen LogP contribution in [-0.4, -0.2) is 47.1 Å². The van der Waals surface area contributed by atoms with Crippen molar-refractivity contribution in [3.8, 4) is 0 Å². The highest BCUT2D eigenvalue weighted by Gasteiger charge is 2.30. The van der Waals surface area contributed by atoms with Crippen LogP contribution in [0.3, 0.4) is 0 Å². The van der Waals surface area contributed by atoms with Crippen LogP contribution in [0.1, 0.15) is 34.7 Å². The summed E-state index contributed by atoms with van der Waals surface area (Å²) in [5.41, 5.74) is 2.61. The van der Waals surface area contributed by atoms with Crippen molar-refractivity contribution in [2.45, 2.75) is 25.7 Å². The van der Waals surface area contributed by atoms with Crippen LogP contribution in [0.15, 0.2) is 28.8 Å². The van der Waals surface area contributed by atoms with Gasteiger partial charge in [0.05, 0.1) is 10.2 Å². The maximum absolute atomic E-state index is 12.9. The van der Waals surface area contributed by atoms with Crippen molar-refractivity contribution < 1.29 is 9.32 Å². The van der Waals surface area contributed by atoms with Crippen LogP contribution < -0.4 is 4.90 Å². The molecule has 26 heavy (non-hydrogen) atoms. The van der Waals surface area contributed by atoms with Gasteiger partial charge in [0.15, 0.2) is 10.8 Å². The molecule has 134 valence electrons. The van der Waals surface area contributed by atoms with E-state index >= 15 is 0 Å². The molecule has 0 radical (unpaired) electrons. The van der Waals surface area contributed by atoms with Gasteiger partial charge in [0.2, 0.25) is 0 Å². The van der Waals surface area contributed by atoms with E-state index in [0.717, 1.165) is 60.7 Å². The number of carbonyl (C=O) groups excluding carboxylic acids is 1. The number of para-hydroxylation sites is 1. The standard InChI is InChI=1S/C19H20N4O2S/c24-18(17-13-5-1-3-7-15(13)25-21-17)22-9-11-23(12-10-22)19-20-14-6-2-4-8-16(14)26-19/h2,4,6,8H,1,3,5,7,9-12H2. The van der Waals surface area contributed by atoms with Crippen molar-refractivity contribution >= 4 is 32.6 Å². The number of rotatable bonds is 2. The van der Waals surface area contributed by atoms with E-state index in [1.807, 2.05) is 23.1 Å². The number of hydrogen-bond acceptors (Lipinski definition) is 6. The third kappa shape index (κ3) is 2.67. The first-order valence-corrected chi connectivity index (χ1v) is 9.98. The summed E-state index contributed by atoms with van der Waals surface area (Å²) in [6, 6.07) is 8.20. The number of hydrogen-bond donors (Lipinski definition) is 0. The molecule has 0 bridgehead atoms. The predicted molar refractivity (Wildman–Crippen MR) is 101 cm³/mol. The highest BCUT2D eigenvalue weighted by Crippen LogP contribution is 2.30. The van der Waals surface area contributed by atoms with Crippen LogP contribution in [0.2, 0.25) is 0 Å². The minimum Gasteiger partial charge on any atom is -0.360 e. The molecule has 2 aromatic heterocycles. The molecule has 0 N–H and O–H groups in total. The number of thiazole rings is 1. The first kappa shape index (κ1) is 15.8. The molecule has 2 aliphatic rings. The Bertz CT molecular complexity index is 923. The van der Waals surface area contributed by atoms with Crippen molar-refractivity contribution in [1.82, 2.24) is 15.0 Å². The zero-order valence-corrected chi connectivity index (χ0v) is 15.3. The monoisotopic (exact) mass is 368 g/mol. The Balaban J connectivity index is 1.29. The average Bonchev–Trinajstić information content (AvgIpc) is 3.32. The second kappa shape index (κ2) is 6.39. The molecule has 1 aromatic carbocycles. The van der Waals surface area contributed by atoms with Crippen LogP contribution in [-0.2, 0) is 12.8 Å². The molecule has 7 heteroatoms. The average molecular weight is 368 g/mol. The molecule has 6 nitrogen and oxygen atoms in total. The molecule has 1 aliphatic carbocycles. The lowest BCUT2D eigenvalue weighted by Gasteiger charge is -2.34. The summed E-state index contributed by atoms with van der Waals surface area (Å²) in [6.07, 6.45) is 4.04. The van der Waals surface area contributed by atoms with Gasteiger partial charge in [-0.3, -0.25) is 4.79 Å². The quantitative estimate of drug-likeness (QED) is 0.695. The number of carbonyl (C=O) groups is 1. The summed E-state index contributed by atoms with van der Waals surface area (Å²) in [7, 11) is 0. The van der Waals surface area contributed by atoms with Crippen LogP contribution in [0.25, 0.3) is 10.2 Å². The highest BCUT2D eigenvalue weighted by atomic mass is 32.1. The van der Waals surface area contributed by atoms with E-state index in [9.17, 15) is 4.79 Å². The molecule has 0 saturated carbocycles. The third-order valence-electron chi connectivity index (χ3n) is 5.27. The largest absolute Gasteiger partial charge is 0.360 e. The van der Waals surface area contributed by atoms with E-state index < -0.39 is 0 Å². The van der Waals surface area contributed by atoms with E-state index in [1.165, 1.54) is 4.70 Å². The minimum absolute atomic E-state index is 0.0147. The first-order chi connectivity index (χ1) is 12.8. The molecule has 3 heterocycles. The molecule has 1 saturated heterocycles. The SMILES string of the molecule is O=C(c1noc2c1CCCC2)N1CCN(c2nc3ccccc3s2)CC1. The molecule has 1 fully saturated rings. The fraction of sp³-hybridized carbons (Fsp3) is 0.421. The van der Waals surface area contributed by atoms with E-state index in [4.69, 9.17) is 9.51 Å². The molecule has 0 atom stereocenters. The van der Waals surface area contributed by atoms with Gasteiger partial charge in [-0.1, -0.05) is 28.6 Å². The van der Waals surface area contributed by atoms with Gasteiger partial charge in [-0.15, -0.1) is 0 Å². The zero-order chi connectivity index (χ0) is 17.5. The number of aromatic nitrogens is 2. The summed E-state index contributed by atoms with van der Waals surface area (Å²) in [5.74, 6) is 0.925. The number of benzene rings is 1. The Morgan fingerprint density at radius 3 is 2.73 bits per heavy atom. The Morgan fingerprint density at radius 2 is 1.88 bits per heavy atom. The number of amides is 1. The summed E-state index contributed by atoms with van der Waals surface area (Å²) in [4.78, 5) is 21.8. The highest BCUT2D eigenvalue weighted by molar-refractivity contribution is 7.22. The molecule has 3 aromatic rings. The summed E-state index contributed by atoms with van der Waals surface area (Å²) >= 11 is 1.71. The van der Waals surface area contributed by atoms with E-state index in [0.29, 0.717) is 18.8 Å². The Hall–Kier alpha value is -2.41. The lowest BCUT2D eigenvalue weighted by atomic mass is 9.96. The lowest BCUT2D eigenvalue weighted by Crippen LogP contribution is -2.49. The maximum Gasteiger partial charge on any atom is 0.276 e. The molecular weight excluding hydrogens is 348 g/mol. The van der Waals surface area contributed by atoms with E-state index in [1.54, 1.807) is 11.3 Å². The van der Waals surface area contributed by atoms with Gasteiger partial charge in [-0.25, -0.2) is 4.98 Å². The molecule has 5 rings (SSSR count). The van der Waals surface area contributed by atoms with E-state index in [2.05, 4.69) is 16.1 Å². The van der Waals surface area contributed by atoms with Gasteiger partial charge in [0.1, 0.15) is 5.76 Å². The van der Waals surface area contributed by atoms with Crippen molar-refractivity contribution in [2.24, 2.45) is 0 Å². The Morgan fingerprint density at radius 1 is 1.08 bits per heavy atom. The number of aryl methyl sites for hydroxylation is 1. The fourth-order valence-corrected chi connectivity index (χ4v) is 4.82. The smallest absolute Gasteiger partial charge is 0.276 e. The normalized spacial score (nSPS) is 17.5. The third-order valence-corrected chi connectivity index (χ3v) is 6.37. The number of anilines is 1. The fourth-order valence-electron chi connectivity index (χ4n) is 3.80. The predicted octanol–water partition coefficient (Wildman–Crippen LogP) is 3.13. The van der Waals surface area contributed by atoms with Crippen molar-refractivity contribution in [1.29, 1.82) is 0 Å². The van der Waals surface area contributed by atoms with Gasteiger partial charge >= 0.3 is 0 Å². The van der Waals surface area contributed by atoms with Gasteiger partial charge in [-0.2, -0.15) is 0 Å². The number of nitrogens with zero attached hydrogens (tertiary/aromatic N) is 4. The topological polar surface area (TPSA) is 62.5 Å². The number of piperazine rings is 1. The number of fused-ring (bicyclic) bond motifs is 2. The molecule has 1 aliphatic heterocycles. The van der Waals surface area contributed by atoms with Crippen LogP contribution in [0.5, 0.6) is 0 Å². The van der Waals surface area contributed by atoms with Crippen molar-refractivity contribution in [3.63, 3.8) is 0 Å². The summed E-state index contributed by atoms with van der Waals surface area (Å²) < 4.78 is 6.61. The molecule has 0 unspecified atom stereocenters. The molecular formula is C19H20N4O2S. The van der Waals surface area contributed by atoms with E-state index in [-0.39, 0.29) is 5.91 Å². The summed E-state index contributed by atoms with van der Waals surface area (Å²) in [5, 5.41) is 5.13. The van der Waals surface area contributed by atoms with Crippen LogP contribution >= 0.6 is 11.3 Å². The zero-order valence-electron chi connectivity index (χ0n) is 14.5.